The van der Waals surface area contributed by atoms with Crippen LogP contribution in [0.4, 0.5) is 13.2 Å². The number of halogens is 3. The van der Waals surface area contributed by atoms with E-state index in [1.54, 1.807) is 6.08 Å². The van der Waals surface area contributed by atoms with Crippen molar-refractivity contribution in [1.82, 2.24) is 0 Å². The molecule has 0 heterocycles. The third kappa shape index (κ3) is 9.07. The number of rotatable bonds is 14. The molecule has 0 aliphatic heterocycles. The molecule has 0 radical (unpaired) electrons. The molecule has 4 unspecified atom stereocenters. The molecule has 45 heavy (non-hydrogen) atoms. The molecule has 0 aromatic rings. The van der Waals surface area contributed by atoms with Crippen LogP contribution in [0.1, 0.15) is 142 Å². The van der Waals surface area contributed by atoms with Crippen molar-refractivity contribution in [1.29, 1.82) is 0 Å². The maximum atomic E-state index is 15.6. The van der Waals surface area contributed by atoms with Gasteiger partial charge in [0.2, 0.25) is 0 Å². The lowest BCUT2D eigenvalue weighted by molar-refractivity contribution is 0.185. The number of hydrogen-bond acceptors (Lipinski definition) is 0. The summed E-state index contributed by atoms with van der Waals surface area (Å²) >= 11 is 0. The Bertz CT molecular complexity index is 1200. The molecule has 0 aromatic heterocycles. The van der Waals surface area contributed by atoms with E-state index in [2.05, 4.69) is 26.0 Å². The molecule has 5 aliphatic carbocycles. The quantitative estimate of drug-likeness (QED) is 0.170. The number of unbranched alkanes of at least 4 members (excludes halogenated alkanes) is 6. The largest absolute Gasteiger partial charge is 0.242 e. The first-order valence-electron chi connectivity index (χ1n) is 18.8. The standard InChI is InChI=1S/C42H59F3/c1-3-5-7-8-10-12-36-25-28-39(42(45)41(36)44)35-23-19-33(20-24-35)37-26-27-38(40(43)29-37)34-21-17-32(18-22-34)31-15-13-30(14-16-31)11-9-6-4-2/h19,21,23,25-28,30-32,40-42H,3-18,20,22,24,29H2,1-2H3. The molecule has 248 valence electrons. The Kier molecular flexibility index (Phi) is 13.1. The summed E-state index contributed by atoms with van der Waals surface area (Å²) in [5.74, 6) is 2.60. The highest BCUT2D eigenvalue weighted by atomic mass is 19.2. The summed E-state index contributed by atoms with van der Waals surface area (Å²) in [4.78, 5) is 0. The van der Waals surface area contributed by atoms with E-state index >= 15 is 13.2 Å². The molecule has 1 saturated carbocycles. The molecular weight excluding hydrogens is 561 g/mol. The van der Waals surface area contributed by atoms with E-state index in [1.165, 1.54) is 76.2 Å². The molecule has 0 N–H and O–H groups in total. The predicted octanol–water partition coefficient (Wildman–Crippen LogP) is 13.2. The van der Waals surface area contributed by atoms with Gasteiger partial charge in [-0.1, -0.05) is 121 Å². The van der Waals surface area contributed by atoms with Crippen LogP contribution in [0, 0.1) is 17.8 Å². The van der Waals surface area contributed by atoms with Crippen LogP contribution in [0.5, 0.6) is 0 Å². The molecule has 0 nitrogen and oxygen atoms in total. The smallest absolute Gasteiger partial charge is 0.160 e. The van der Waals surface area contributed by atoms with E-state index in [1.807, 2.05) is 24.3 Å². The van der Waals surface area contributed by atoms with Crippen molar-refractivity contribution in [2.75, 3.05) is 0 Å². The van der Waals surface area contributed by atoms with Gasteiger partial charge in [0.05, 0.1) is 0 Å². The van der Waals surface area contributed by atoms with Gasteiger partial charge in [-0.05, 0) is 115 Å². The van der Waals surface area contributed by atoms with Gasteiger partial charge in [0, 0.05) is 6.42 Å². The highest BCUT2D eigenvalue weighted by Crippen LogP contribution is 2.44. The van der Waals surface area contributed by atoms with Crippen molar-refractivity contribution in [3.63, 3.8) is 0 Å². The van der Waals surface area contributed by atoms with E-state index in [-0.39, 0.29) is 0 Å². The molecule has 5 aliphatic rings. The third-order valence-corrected chi connectivity index (χ3v) is 11.7. The fourth-order valence-electron chi connectivity index (χ4n) is 8.70. The van der Waals surface area contributed by atoms with Crippen LogP contribution in [-0.2, 0) is 0 Å². The second-order valence-electron chi connectivity index (χ2n) is 14.7. The molecule has 0 saturated heterocycles. The van der Waals surface area contributed by atoms with Gasteiger partial charge in [0.15, 0.2) is 12.3 Å². The van der Waals surface area contributed by atoms with Gasteiger partial charge in [0.1, 0.15) is 6.17 Å². The first-order valence-corrected chi connectivity index (χ1v) is 18.8. The second kappa shape index (κ2) is 17.2. The van der Waals surface area contributed by atoms with Crippen LogP contribution in [0.3, 0.4) is 0 Å². The predicted molar refractivity (Wildman–Crippen MR) is 185 cm³/mol. The van der Waals surface area contributed by atoms with Crippen molar-refractivity contribution in [2.45, 2.75) is 161 Å². The van der Waals surface area contributed by atoms with Crippen LogP contribution < -0.4 is 0 Å². The summed E-state index contributed by atoms with van der Waals surface area (Å²) in [6, 6.07) is 0. The summed E-state index contributed by atoms with van der Waals surface area (Å²) in [5.41, 5.74) is 6.26. The zero-order valence-corrected chi connectivity index (χ0v) is 28.3. The fourth-order valence-corrected chi connectivity index (χ4v) is 8.70. The zero-order chi connectivity index (χ0) is 31.6. The molecule has 0 bridgehead atoms. The summed E-state index contributed by atoms with van der Waals surface area (Å²) < 4.78 is 45.8. The average Bonchev–Trinajstić information content (AvgIpc) is 3.07. The number of allylic oxidation sites excluding steroid dienone is 14. The van der Waals surface area contributed by atoms with Crippen LogP contribution in [0.2, 0.25) is 0 Å². The number of hydrogen-bond donors (Lipinski definition) is 0. The summed E-state index contributed by atoms with van der Waals surface area (Å²) in [7, 11) is 0. The zero-order valence-electron chi connectivity index (χ0n) is 28.3. The normalized spacial score (nSPS) is 30.8. The maximum absolute atomic E-state index is 15.6. The molecule has 3 heteroatoms. The molecule has 4 atom stereocenters. The molecule has 1 fully saturated rings. The monoisotopic (exact) mass is 620 g/mol. The highest BCUT2D eigenvalue weighted by molar-refractivity contribution is 5.52. The molecule has 5 rings (SSSR count). The number of alkyl halides is 3. The van der Waals surface area contributed by atoms with Gasteiger partial charge < -0.3 is 0 Å². The lowest BCUT2D eigenvalue weighted by Crippen LogP contribution is -2.26. The molecule has 0 amide bonds. The minimum atomic E-state index is -1.59. The lowest BCUT2D eigenvalue weighted by Gasteiger charge is -2.36. The van der Waals surface area contributed by atoms with Crippen molar-refractivity contribution in [3.8, 4) is 0 Å². The van der Waals surface area contributed by atoms with E-state index in [9.17, 15) is 0 Å². The Morgan fingerprint density at radius 1 is 0.578 bits per heavy atom. The Morgan fingerprint density at radius 3 is 1.96 bits per heavy atom. The van der Waals surface area contributed by atoms with Gasteiger partial charge in [0.25, 0.3) is 0 Å². The Hall–Kier alpha value is -2.03. The lowest BCUT2D eigenvalue weighted by atomic mass is 9.70. The van der Waals surface area contributed by atoms with Gasteiger partial charge in [-0.3, -0.25) is 0 Å². The molecular formula is C42H59F3. The van der Waals surface area contributed by atoms with Crippen LogP contribution in [0.25, 0.3) is 0 Å². The Labute approximate surface area is 272 Å². The van der Waals surface area contributed by atoms with Crippen LogP contribution in [0.15, 0.2) is 81.5 Å². The first kappa shape index (κ1) is 34.3. The van der Waals surface area contributed by atoms with Gasteiger partial charge in [-0.15, -0.1) is 0 Å². The minimum Gasteiger partial charge on any atom is -0.242 e. The van der Waals surface area contributed by atoms with Crippen molar-refractivity contribution in [2.24, 2.45) is 17.8 Å². The van der Waals surface area contributed by atoms with Crippen molar-refractivity contribution >= 4 is 0 Å². The van der Waals surface area contributed by atoms with Gasteiger partial charge in [-0.25, -0.2) is 13.2 Å². The molecule has 0 spiro atoms. The van der Waals surface area contributed by atoms with Gasteiger partial charge >= 0.3 is 0 Å². The Morgan fingerprint density at radius 2 is 1.27 bits per heavy atom. The third-order valence-electron chi connectivity index (χ3n) is 11.7. The van der Waals surface area contributed by atoms with E-state index in [4.69, 9.17) is 0 Å². The fraction of sp³-hybridized carbons (Fsp3) is 0.667. The SMILES string of the molecule is CCCCCCCC1=CC=C(C2=CC=C(C3=CC=C(C4=CCC(C5CCC(CCCCC)CC5)CC4)C(F)C3)CC2)C(F)C1F. The van der Waals surface area contributed by atoms with Crippen molar-refractivity contribution in [3.05, 3.63) is 81.5 Å². The van der Waals surface area contributed by atoms with Crippen LogP contribution in [-0.4, -0.2) is 18.5 Å². The molecule has 0 aromatic carbocycles. The Balaban J connectivity index is 1.14. The summed E-state index contributed by atoms with van der Waals surface area (Å²) in [6.45, 7) is 4.47. The van der Waals surface area contributed by atoms with E-state index in [0.29, 0.717) is 30.4 Å². The average molecular weight is 621 g/mol. The maximum Gasteiger partial charge on any atom is 0.160 e. The minimum absolute atomic E-state index is 0.412. The summed E-state index contributed by atoms with van der Waals surface area (Å²) in [5, 5.41) is 0. The first-order chi connectivity index (χ1) is 22.0. The highest BCUT2D eigenvalue weighted by Gasteiger charge is 2.33. The van der Waals surface area contributed by atoms with Gasteiger partial charge in [-0.2, -0.15) is 0 Å². The second-order valence-corrected chi connectivity index (χ2v) is 14.7. The van der Waals surface area contributed by atoms with E-state index < -0.39 is 18.5 Å². The van der Waals surface area contributed by atoms with Crippen LogP contribution >= 0.6 is 0 Å². The topological polar surface area (TPSA) is 0 Å². The van der Waals surface area contributed by atoms with E-state index in [0.717, 1.165) is 78.6 Å². The van der Waals surface area contributed by atoms with Crippen molar-refractivity contribution < 1.29 is 13.2 Å². The summed E-state index contributed by atoms with van der Waals surface area (Å²) in [6.07, 6.45) is 32.5.